The molecule has 1 aliphatic rings. The quantitative estimate of drug-likeness (QED) is 0.754. The van der Waals surface area contributed by atoms with E-state index in [-0.39, 0.29) is 11.6 Å². The van der Waals surface area contributed by atoms with Gasteiger partial charge in [0.25, 0.3) is 0 Å². The molecule has 1 unspecified atom stereocenters. The average Bonchev–Trinajstić information content (AvgIpc) is 2.52. The summed E-state index contributed by atoms with van der Waals surface area (Å²) in [5.74, 6) is 0. The molecule has 108 valence electrons. The Labute approximate surface area is 110 Å². The fraction of sp³-hybridized carbons (Fsp3) is 1.00. The van der Waals surface area contributed by atoms with Crippen LogP contribution in [0.15, 0.2) is 0 Å². The number of rotatable bonds is 4. The van der Waals surface area contributed by atoms with Crippen LogP contribution in [0.5, 0.6) is 0 Å². The van der Waals surface area contributed by atoms with Crippen molar-refractivity contribution < 1.29 is 24.1 Å². The minimum atomic E-state index is -1.87. The zero-order valence-electron chi connectivity index (χ0n) is 12.1. The van der Waals surface area contributed by atoms with Gasteiger partial charge in [-0.15, -0.1) is 0 Å². The highest BCUT2D eigenvalue weighted by atomic mass is 28.4. The Balaban J connectivity index is 2.55. The molecule has 0 bridgehead atoms. The van der Waals surface area contributed by atoms with Gasteiger partial charge in [0.1, 0.15) is 18.3 Å². The standard InChI is InChI=1S/C12H26O5Si/c1-12(2,3)18(5,6)16-7-8-9(13)10(14)11(15-4)17-8/h8-11,13-14H,7H2,1-6H3/t8-,9-,10+,11?/m1/s1. The Morgan fingerprint density at radius 1 is 1.17 bits per heavy atom. The van der Waals surface area contributed by atoms with E-state index in [0.717, 1.165) is 0 Å². The summed E-state index contributed by atoms with van der Waals surface area (Å²) >= 11 is 0. The highest BCUT2D eigenvalue weighted by Crippen LogP contribution is 2.37. The van der Waals surface area contributed by atoms with E-state index in [4.69, 9.17) is 13.9 Å². The molecule has 4 atom stereocenters. The molecule has 1 heterocycles. The SMILES string of the molecule is COC1O[C@H](CO[Si](C)(C)C(C)(C)C)[C@@H](O)[C@@H]1O. The van der Waals surface area contributed by atoms with E-state index in [0.29, 0.717) is 0 Å². The van der Waals surface area contributed by atoms with Gasteiger partial charge in [-0.1, -0.05) is 20.8 Å². The Hall–Kier alpha value is 0.0169. The van der Waals surface area contributed by atoms with Crippen molar-refractivity contribution in [1.29, 1.82) is 0 Å². The van der Waals surface area contributed by atoms with Gasteiger partial charge in [0, 0.05) is 7.11 Å². The molecule has 1 aliphatic heterocycles. The van der Waals surface area contributed by atoms with Crippen molar-refractivity contribution in [1.82, 2.24) is 0 Å². The van der Waals surface area contributed by atoms with Crippen molar-refractivity contribution in [2.75, 3.05) is 13.7 Å². The molecule has 0 radical (unpaired) electrons. The van der Waals surface area contributed by atoms with E-state index in [1.807, 2.05) is 0 Å². The molecule has 0 aromatic heterocycles. The average molecular weight is 278 g/mol. The summed E-state index contributed by atoms with van der Waals surface area (Å²) in [5, 5.41) is 19.6. The van der Waals surface area contributed by atoms with Gasteiger partial charge < -0.3 is 24.1 Å². The van der Waals surface area contributed by atoms with Gasteiger partial charge in [0.15, 0.2) is 14.6 Å². The Kier molecular flexibility index (Phi) is 4.97. The second-order valence-electron chi connectivity index (χ2n) is 6.33. The van der Waals surface area contributed by atoms with Gasteiger partial charge in [0.05, 0.1) is 6.61 Å². The molecule has 0 amide bonds. The first-order chi connectivity index (χ1) is 8.10. The predicted octanol–water partition coefficient (Wildman–Crippen LogP) is 1.10. The van der Waals surface area contributed by atoms with Crippen LogP contribution in [0.25, 0.3) is 0 Å². The maximum Gasteiger partial charge on any atom is 0.192 e. The number of aliphatic hydroxyl groups excluding tert-OH is 2. The lowest BCUT2D eigenvalue weighted by Crippen LogP contribution is -2.44. The van der Waals surface area contributed by atoms with Crippen LogP contribution in [0.1, 0.15) is 20.8 Å². The molecule has 2 N–H and O–H groups in total. The second kappa shape index (κ2) is 5.56. The summed E-state index contributed by atoms with van der Waals surface area (Å²) in [6.45, 7) is 11.0. The van der Waals surface area contributed by atoms with Crippen LogP contribution in [-0.4, -0.2) is 56.8 Å². The first kappa shape index (κ1) is 16.1. The van der Waals surface area contributed by atoms with Crippen LogP contribution >= 0.6 is 0 Å². The van der Waals surface area contributed by atoms with Crippen molar-refractivity contribution in [3.8, 4) is 0 Å². The van der Waals surface area contributed by atoms with Crippen LogP contribution in [0.4, 0.5) is 0 Å². The normalized spacial score (nSPS) is 34.0. The van der Waals surface area contributed by atoms with E-state index < -0.39 is 32.9 Å². The highest BCUT2D eigenvalue weighted by molar-refractivity contribution is 6.74. The number of ether oxygens (including phenoxy) is 2. The molecular weight excluding hydrogens is 252 g/mol. The predicted molar refractivity (Wildman–Crippen MR) is 70.8 cm³/mol. The van der Waals surface area contributed by atoms with Crippen LogP contribution in [0.3, 0.4) is 0 Å². The van der Waals surface area contributed by atoms with Crippen molar-refractivity contribution >= 4 is 8.32 Å². The lowest BCUT2D eigenvalue weighted by atomic mass is 10.1. The largest absolute Gasteiger partial charge is 0.414 e. The monoisotopic (exact) mass is 278 g/mol. The molecule has 5 nitrogen and oxygen atoms in total. The molecule has 1 rings (SSSR count). The van der Waals surface area contributed by atoms with E-state index in [1.165, 1.54) is 7.11 Å². The molecule has 0 saturated carbocycles. The zero-order chi connectivity index (χ0) is 14.1. The molecule has 18 heavy (non-hydrogen) atoms. The molecule has 0 aromatic carbocycles. The lowest BCUT2D eigenvalue weighted by Gasteiger charge is -2.37. The van der Waals surface area contributed by atoms with E-state index >= 15 is 0 Å². The topological polar surface area (TPSA) is 68.2 Å². The van der Waals surface area contributed by atoms with Crippen molar-refractivity contribution in [3.05, 3.63) is 0 Å². The third kappa shape index (κ3) is 3.31. The van der Waals surface area contributed by atoms with Gasteiger partial charge in [-0.25, -0.2) is 0 Å². The maximum atomic E-state index is 9.84. The van der Waals surface area contributed by atoms with E-state index in [1.54, 1.807) is 0 Å². The van der Waals surface area contributed by atoms with Gasteiger partial charge in [-0.2, -0.15) is 0 Å². The first-order valence-corrected chi connectivity index (χ1v) is 9.19. The van der Waals surface area contributed by atoms with E-state index in [9.17, 15) is 10.2 Å². The molecule has 1 saturated heterocycles. The van der Waals surface area contributed by atoms with E-state index in [2.05, 4.69) is 33.9 Å². The maximum absolute atomic E-state index is 9.84. The molecule has 0 aromatic rings. The first-order valence-electron chi connectivity index (χ1n) is 6.28. The second-order valence-corrected chi connectivity index (χ2v) is 11.1. The molecule has 6 heteroatoms. The third-order valence-corrected chi connectivity index (χ3v) is 8.47. The molecule has 1 fully saturated rings. The third-order valence-electron chi connectivity index (χ3n) is 3.97. The van der Waals surface area contributed by atoms with Crippen LogP contribution in [0.2, 0.25) is 18.1 Å². The van der Waals surface area contributed by atoms with Crippen molar-refractivity contribution in [2.45, 2.75) is 63.5 Å². The Bertz CT molecular complexity index is 276. The summed E-state index contributed by atoms with van der Waals surface area (Å²) in [6, 6.07) is 0. The van der Waals surface area contributed by atoms with Crippen LogP contribution in [0, 0.1) is 0 Å². The summed E-state index contributed by atoms with van der Waals surface area (Å²) in [6.07, 6.45) is -3.27. The summed E-state index contributed by atoms with van der Waals surface area (Å²) < 4.78 is 16.3. The molecular formula is C12H26O5Si. The number of hydrogen-bond acceptors (Lipinski definition) is 5. The minimum absolute atomic E-state index is 0.107. The van der Waals surface area contributed by atoms with Gasteiger partial charge in [-0.05, 0) is 18.1 Å². The van der Waals surface area contributed by atoms with Gasteiger partial charge in [0.2, 0.25) is 0 Å². The fourth-order valence-corrected chi connectivity index (χ4v) is 2.57. The lowest BCUT2D eigenvalue weighted by molar-refractivity contribution is -0.152. The summed E-state index contributed by atoms with van der Waals surface area (Å²) in [4.78, 5) is 0. The van der Waals surface area contributed by atoms with Crippen molar-refractivity contribution in [3.63, 3.8) is 0 Å². The van der Waals surface area contributed by atoms with Crippen LogP contribution in [-0.2, 0) is 13.9 Å². The van der Waals surface area contributed by atoms with Crippen molar-refractivity contribution in [2.24, 2.45) is 0 Å². The summed E-state index contributed by atoms with van der Waals surface area (Å²) in [7, 11) is -0.428. The Morgan fingerprint density at radius 3 is 2.11 bits per heavy atom. The molecule has 0 spiro atoms. The Morgan fingerprint density at radius 2 is 1.72 bits per heavy atom. The zero-order valence-corrected chi connectivity index (χ0v) is 13.1. The van der Waals surface area contributed by atoms with Gasteiger partial charge >= 0.3 is 0 Å². The minimum Gasteiger partial charge on any atom is -0.414 e. The number of hydrogen-bond donors (Lipinski definition) is 2. The van der Waals surface area contributed by atoms with Crippen LogP contribution < -0.4 is 0 Å². The fourth-order valence-electron chi connectivity index (χ4n) is 1.55. The highest BCUT2D eigenvalue weighted by Gasteiger charge is 2.45. The van der Waals surface area contributed by atoms with Gasteiger partial charge in [-0.3, -0.25) is 0 Å². The number of methoxy groups -OCH3 is 1. The number of aliphatic hydroxyl groups is 2. The molecule has 0 aliphatic carbocycles. The summed E-state index contributed by atoms with van der Waals surface area (Å²) in [5.41, 5.74) is 0. The smallest absolute Gasteiger partial charge is 0.192 e.